The molecule has 6 nitrogen and oxygen atoms in total. The van der Waals surface area contributed by atoms with Crippen LogP contribution in [0.2, 0.25) is 5.02 Å². The van der Waals surface area contributed by atoms with E-state index in [0.717, 1.165) is 34.8 Å². The molecule has 31 heavy (non-hydrogen) atoms. The molecule has 0 aliphatic carbocycles. The van der Waals surface area contributed by atoms with Crippen molar-refractivity contribution in [2.45, 2.75) is 38.2 Å². The van der Waals surface area contributed by atoms with E-state index < -0.39 is 11.6 Å². The molecule has 1 aliphatic heterocycles. The molecule has 2 heterocycles. The Morgan fingerprint density at radius 3 is 2.74 bits per heavy atom. The van der Waals surface area contributed by atoms with Gasteiger partial charge in [0.2, 0.25) is 5.89 Å². The monoisotopic (exact) mass is 441 g/mol. The number of ether oxygens (including phenoxy) is 2. The van der Waals surface area contributed by atoms with Crippen molar-refractivity contribution in [1.29, 1.82) is 0 Å². The summed E-state index contributed by atoms with van der Waals surface area (Å²) in [5.74, 6) is 1.12. The van der Waals surface area contributed by atoms with Crippen molar-refractivity contribution in [1.82, 2.24) is 4.98 Å². The Hall–Kier alpha value is -2.83. The predicted octanol–water partition coefficient (Wildman–Crippen LogP) is 5.10. The number of oxazole rings is 1. The summed E-state index contributed by atoms with van der Waals surface area (Å²) in [5, 5.41) is 10.2. The number of halogens is 1. The highest BCUT2D eigenvalue weighted by molar-refractivity contribution is 6.30. The molecular weight excluding hydrogens is 418 g/mol. The van der Waals surface area contributed by atoms with Crippen molar-refractivity contribution < 1.29 is 23.8 Å². The summed E-state index contributed by atoms with van der Waals surface area (Å²) < 4.78 is 17.2. The van der Waals surface area contributed by atoms with E-state index >= 15 is 0 Å². The largest absolute Gasteiger partial charge is 0.493 e. The van der Waals surface area contributed by atoms with Crippen molar-refractivity contribution in [3.05, 3.63) is 70.6 Å². The Morgan fingerprint density at radius 1 is 1.26 bits per heavy atom. The van der Waals surface area contributed by atoms with Gasteiger partial charge >= 0.3 is 5.97 Å². The van der Waals surface area contributed by atoms with Crippen LogP contribution >= 0.6 is 11.6 Å². The van der Waals surface area contributed by atoms with Gasteiger partial charge < -0.3 is 19.0 Å². The average molecular weight is 442 g/mol. The minimum absolute atomic E-state index is 0.354. The minimum Gasteiger partial charge on any atom is -0.493 e. The van der Waals surface area contributed by atoms with E-state index in [2.05, 4.69) is 4.98 Å². The zero-order valence-corrected chi connectivity index (χ0v) is 18.0. The fraction of sp³-hybridized carbons (Fsp3) is 0.333. The standard InChI is InChI=1S/C24H24ClNO5/c1-16-21(26-22(31-16)18-4-2-5-19(25)14-18)10-13-29-20-8-6-17(7-9-20)15-24(23(27)28)11-3-12-30-24/h2,4-9,14H,3,10-13,15H2,1H3,(H,27,28). The lowest BCUT2D eigenvalue weighted by atomic mass is 9.92. The van der Waals surface area contributed by atoms with Gasteiger partial charge in [-0.2, -0.15) is 0 Å². The van der Waals surface area contributed by atoms with E-state index in [4.69, 9.17) is 25.5 Å². The Bertz CT molecular complexity index is 1050. The van der Waals surface area contributed by atoms with Crippen LogP contribution in [0.3, 0.4) is 0 Å². The van der Waals surface area contributed by atoms with Crippen LogP contribution in [-0.4, -0.2) is 34.9 Å². The first-order valence-electron chi connectivity index (χ1n) is 10.3. The van der Waals surface area contributed by atoms with Gasteiger partial charge in [0.1, 0.15) is 11.5 Å². The van der Waals surface area contributed by atoms with Crippen LogP contribution in [0.1, 0.15) is 29.9 Å². The third-order valence-electron chi connectivity index (χ3n) is 5.48. The third kappa shape index (κ3) is 4.92. The third-order valence-corrected chi connectivity index (χ3v) is 5.71. The molecular formula is C24H24ClNO5. The van der Waals surface area contributed by atoms with Gasteiger partial charge in [-0.25, -0.2) is 9.78 Å². The van der Waals surface area contributed by atoms with Crippen molar-refractivity contribution in [2.24, 2.45) is 0 Å². The number of aryl methyl sites for hydroxylation is 1. The normalized spacial score (nSPS) is 18.3. The molecule has 1 aliphatic rings. The molecule has 0 radical (unpaired) electrons. The predicted molar refractivity (Wildman–Crippen MR) is 117 cm³/mol. The van der Waals surface area contributed by atoms with Crippen molar-refractivity contribution in [3.63, 3.8) is 0 Å². The molecule has 1 fully saturated rings. The summed E-state index contributed by atoms with van der Waals surface area (Å²) in [4.78, 5) is 16.2. The highest BCUT2D eigenvalue weighted by Gasteiger charge is 2.42. The maximum Gasteiger partial charge on any atom is 0.336 e. The molecule has 0 bridgehead atoms. The van der Waals surface area contributed by atoms with E-state index in [9.17, 15) is 9.90 Å². The van der Waals surface area contributed by atoms with Gasteiger partial charge in [-0.1, -0.05) is 29.8 Å². The maximum atomic E-state index is 11.6. The maximum absolute atomic E-state index is 11.6. The summed E-state index contributed by atoms with van der Waals surface area (Å²) in [7, 11) is 0. The fourth-order valence-corrected chi connectivity index (χ4v) is 3.98. The smallest absolute Gasteiger partial charge is 0.336 e. The summed E-state index contributed by atoms with van der Waals surface area (Å²) in [6.45, 7) is 2.83. The number of aromatic nitrogens is 1. The van der Waals surface area contributed by atoms with Crippen LogP contribution in [0.15, 0.2) is 52.9 Å². The number of benzene rings is 2. The fourth-order valence-electron chi connectivity index (χ4n) is 3.78. The molecule has 1 N–H and O–H groups in total. The van der Waals surface area contributed by atoms with Gasteiger partial charge in [-0.3, -0.25) is 0 Å². The minimum atomic E-state index is -1.10. The second kappa shape index (κ2) is 9.12. The number of hydrogen-bond acceptors (Lipinski definition) is 5. The van der Waals surface area contributed by atoms with Crippen LogP contribution in [-0.2, 0) is 22.4 Å². The molecule has 4 rings (SSSR count). The lowest BCUT2D eigenvalue weighted by molar-refractivity contribution is -0.159. The van der Waals surface area contributed by atoms with Gasteiger partial charge in [-0.15, -0.1) is 0 Å². The van der Waals surface area contributed by atoms with Gasteiger partial charge in [0.15, 0.2) is 5.60 Å². The molecule has 2 aromatic carbocycles. The van der Waals surface area contributed by atoms with E-state index in [0.29, 0.717) is 43.4 Å². The molecule has 0 spiro atoms. The number of hydrogen-bond donors (Lipinski definition) is 1. The Morgan fingerprint density at radius 2 is 2.06 bits per heavy atom. The van der Waals surface area contributed by atoms with Crippen LogP contribution in [0.4, 0.5) is 0 Å². The van der Waals surface area contributed by atoms with Crippen LogP contribution in [0, 0.1) is 6.92 Å². The quantitative estimate of drug-likeness (QED) is 0.523. The number of carboxylic acid groups (broad SMARTS) is 1. The van der Waals surface area contributed by atoms with Gasteiger partial charge in [0.25, 0.3) is 0 Å². The second-order valence-corrected chi connectivity index (χ2v) is 8.14. The second-order valence-electron chi connectivity index (χ2n) is 7.70. The Labute approximate surface area is 185 Å². The molecule has 0 saturated carbocycles. The number of rotatable bonds is 8. The Balaban J connectivity index is 1.34. The lowest BCUT2D eigenvalue weighted by Gasteiger charge is -2.23. The zero-order chi connectivity index (χ0) is 21.8. The number of aliphatic carboxylic acids is 1. The van der Waals surface area contributed by atoms with Crippen molar-refractivity contribution in [3.8, 4) is 17.2 Å². The van der Waals surface area contributed by atoms with E-state index in [1.807, 2.05) is 55.5 Å². The van der Waals surface area contributed by atoms with Crippen LogP contribution in [0.5, 0.6) is 5.75 Å². The molecule has 1 saturated heterocycles. The topological polar surface area (TPSA) is 81.8 Å². The molecule has 1 unspecified atom stereocenters. The first-order chi connectivity index (χ1) is 14.9. The van der Waals surface area contributed by atoms with Gasteiger partial charge in [0, 0.05) is 30.0 Å². The van der Waals surface area contributed by atoms with Gasteiger partial charge in [0.05, 0.1) is 12.3 Å². The molecule has 3 aromatic rings. The summed E-state index contributed by atoms with van der Waals surface area (Å²) in [6.07, 6.45) is 2.27. The van der Waals surface area contributed by atoms with Gasteiger partial charge in [-0.05, 0) is 55.7 Å². The average Bonchev–Trinajstić information content (AvgIpc) is 3.37. The molecule has 7 heteroatoms. The lowest BCUT2D eigenvalue weighted by Crippen LogP contribution is -2.40. The zero-order valence-electron chi connectivity index (χ0n) is 17.3. The number of nitrogens with zero attached hydrogens (tertiary/aromatic N) is 1. The highest BCUT2D eigenvalue weighted by Crippen LogP contribution is 2.30. The van der Waals surface area contributed by atoms with E-state index in [1.54, 1.807) is 0 Å². The first kappa shape index (κ1) is 21.4. The van der Waals surface area contributed by atoms with Crippen LogP contribution < -0.4 is 4.74 Å². The summed E-state index contributed by atoms with van der Waals surface area (Å²) >= 11 is 6.05. The molecule has 0 amide bonds. The number of carboxylic acids is 1. The first-order valence-corrected chi connectivity index (χ1v) is 10.6. The van der Waals surface area contributed by atoms with E-state index in [1.165, 1.54) is 0 Å². The van der Waals surface area contributed by atoms with Crippen molar-refractivity contribution in [2.75, 3.05) is 13.2 Å². The summed E-state index contributed by atoms with van der Waals surface area (Å²) in [5.41, 5.74) is 1.49. The summed E-state index contributed by atoms with van der Waals surface area (Å²) in [6, 6.07) is 14.9. The molecule has 1 atom stereocenters. The number of carbonyl (C=O) groups is 1. The molecule has 162 valence electrons. The highest BCUT2D eigenvalue weighted by atomic mass is 35.5. The Kier molecular flexibility index (Phi) is 6.30. The van der Waals surface area contributed by atoms with Crippen LogP contribution in [0.25, 0.3) is 11.5 Å². The van der Waals surface area contributed by atoms with E-state index in [-0.39, 0.29) is 0 Å². The van der Waals surface area contributed by atoms with Crippen molar-refractivity contribution >= 4 is 17.6 Å². The SMILES string of the molecule is Cc1oc(-c2cccc(Cl)c2)nc1CCOc1ccc(CC2(C(=O)O)CCCO2)cc1. The molecule has 1 aromatic heterocycles.